The van der Waals surface area contributed by atoms with Crippen molar-refractivity contribution in [3.63, 3.8) is 0 Å². The highest BCUT2D eigenvalue weighted by atomic mass is 32.1. The summed E-state index contributed by atoms with van der Waals surface area (Å²) >= 11 is 1.82. The van der Waals surface area contributed by atoms with Gasteiger partial charge in [-0.25, -0.2) is 0 Å². The molecule has 1 aliphatic heterocycles. The molecule has 3 heteroatoms. The predicted molar refractivity (Wildman–Crippen MR) is 82.9 cm³/mol. The Bertz CT molecular complexity index is 375. The highest BCUT2D eigenvalue weighted by Gasteiger charge is 2.45. The van der Waals surface area contributed by atoms with Crippen molar-refractivity contribution in [2.75, 3.05) is 20.1 Å². The highest BCUT2D eigenvalue weighted by molar-refractivity contribution is 7.07. The Hall–Kier alpha value is -0.380. The van der Waals surface area contributed by atoms with Gasteiger partial charge in [-0.1, -0.05) is 12.8 Å². The Labute approximate surface area is 121 Å². The third kappa shape index (κ3) is 2.61. The van der Waals surface area contributed by atoms with E-state index in [2.05, 4.69) is 34.1 Å². The zero-order valence-electron chi connectivity index (χ0n) is 12.0. The van der Waals surface area contributed by atoms with Crippen molar-refractivity contribution < 1.29 is 0 Å². The third-order valence-electron chi connectivity index (χ3n) is 5.22. The van der Waals surface area contributed by atoms with E-state index in [1.54, 1.807) is 0 Å². The Morgan fingerprint density at radius 1 is 1.26 bits per heavy atom. The number of rotatable bonds is 5. The molecule has 1 aliphatic carbocycles. The summed E-state index contributed by atoms with van der Waals surface area (Å²) in [6, 6.07) is 2.91. The maximum atomic E-state index is 3.66. The molecule has 1 unspecified atom stereocenters. The lowest BCUT2D eigenvalue weighted by molar-refractivity contribution is 0.0798. The number of nitrogens with one attached hydrogen (secondary N) is 1. The molecule has 1 N–H and O–H groups in total. The second kappa shape index (κ2) is 5.94. The first-order valence-electron chi connectivity index (χ1n) is 7.78. The maximum Gasteiger partial charge on any atom is 0.0365 e. The van der Waals surface area contributed by atoms with Crippen LogP contribution in [-0.4, -0.2) is 36.6 Å². The smallest absolute Gasteiger partial charge is 0.0365 e. The molecule has 106 valence electrons. The van der Waals surface area contributed by atoms with Gasteiger partial charge in [0, 0.05) is 11.6 Å². The van der Waals surface area contributed by atoms with Gasteiger partial charge in [-0.05, 0) is 74.6 Å². The average molecular weight is 278 g/mol. The summed E-state index contributed by atoms with van der Waals surface area (Å²) in [7, 11) is 2.16. The van der Waals surface area contributed by atoms with Gasteiger partial charge in [0.05, 0.1) is 0 Å². The molecule has 1 atom stereocenters. The van der Waals surface area contributed by atoms with E-state index in [4.69, 9.17) is 0 Å². The van der Waals surface area contributed by atoms with Crippen molar-refractivity contribution in [2.24, 2.45) is 0 Å². The minimum atomic E-state index is 0.438. The summed E-state index contributed by atoms with van der Waals surface area (Å²) in [5.41, 5.74) is 1.95. The second-order valence-corrected chi connectivity index (χ2v) is 6.96. The van der Waals surface area contributed by atoms with Gasteiger partial charge in [0.25, 0.3) is 0 Å². The number of hydrogen-bond donors (Lipinski definition) is 1. The van der Waals surface area contributed by atoms with Gasteiger partial charge >= 0.3 is 0 Å². The maximum absolute atomic E-state index is 3.66. The van der Waals surface area contributed by atoms with Crippen LogP contribution in [0.2, 0.25) is 0 Å². The molecule has 1 aromatic rings. The molecule has 1 saturated heterocycles. The zero-order chi connectivity index (χ0) is 13.1. The van der Waals surface area contributed by atoms with Crippen molar-refractivity contribution in [2.45, 2.75) is 56.5 Å². The summed E-state index contributed by atoms with van der Waals surface area (Å²) in [6.45, 7) is 2.64. The minimum absolute atomic E-state index is 0.438. The lowest BCUT2D eigenvalue weighted by Crippen LogP contribution is -2.59. The normalized spacial score (nSPS) is 24.9. The fourth-order valence-corrected chi connectivity index (χ4v) is 4.92. The standard InChI is InChI=1S/C16H26N2S/c1-17-15(12-14-6-11-19-13-14)16(7-2-3-8-16)18-9-4-5-10-18/h6,11,13,15,17H,2-5,7-10,12H2,1H3. The molecule has 3 rings (SSSR count). The summed E-state index contributed by atoms with van der Waals surface area (Å²) in [5.74, 6) is 0. The monoisotopic (exact) mass is 278 g/mol. The summed E-state index contributed by atoms with van der Waals surface area (Å²) in [4.78, 5) is 2.81. The van der Waals surface area contributed by atoms with Crippen LogP contribution in [0.15, 0.2) is 16.8 Å². The number of nitrogens with zero attached hydrogens (tertiary/aromatic N) is 1. The molecule has 0 amide bonds. The molecular formula is C16H26N2S. The molecule has 19 heavy (non-hydrogen) atoms. The predicted octanol–water partition coefficient (Wildman–Crippen LogP) is 3.29. The molecule has 0 spiro atoms. The summed E-state index contributed by atoms with van der Waals surface area (Å²) in [6.07, 6.45) is 9.60. The van der Waals surface area contributed by atoms with Gasteiger partial charge in [-0.2, -0.15) is 11.3 Å². The molecule has 2 nitrogen and oxygen atoms in total. The van der Waals surface area contributed by atoms with Crippen molar-refractivity contribution in [1.82, 2.24) is 10.2 Å². The van der Waals surface area contributed by atoms with E-state index >= 15 is 0 Å². The van der Waals surface area contributed by atoms with Gasteiger partial charge < -0.3 is 5.32 Å². The van der Waals surface area contributed by atoms with E-state index in [1.165, 1.54) is 63.6 Å². The van der Waals surface area contributed by atoms with Crippen molar-refractivity contribution in [3.05, 3.63) is 22.4 Å². The van der Waals surface area contributed by atoms with Crippen LogP contribution < -0.4 is 5.32 Å². The quantitative estimate of drug-likeness (QED) is 0.889. The molecule has 2 fully saturated rings. The van der Waals surface area contributed by atoms with Crippen LogP contribution >= 0.6 is 11.3 Å². The van der Waals surface area contributed by atoms with E-state index in [0.717, 1.165) is 0 Å². The SMILES string of the molecule is CNC(Cc1ccsc1)C1(N2CCCC2)CCCC1. The summed E-state index contributed by atoms with van der Waals surface area (Å²) < 4.78 is 0. The van der Waals surface area contributed by atoms with Crippen molar-refractivity contribution in [3.8, 4) is 0 Å². The molecule has 0 bridgehead atoms. The van der Waals surface area contributed by atoms with Crippen LogP contribution in [0.4, 0.5) is 0 Å². The van der Waals surface area contributed by atoms with Crippen LogP contribution in [0, 0.1) is 0 Å². The first-order valence-corrected chi connectivity index (χ1v) is 8.73. The first kappa shape index (κ1) is 13.6. The Kier molecular flexibility index (Phi) is 4.25. The van der Waals surface area contributed by atoms with E-state index < -0.39 is 0 Å². The van der Waals surface area contributed by atoms with Crippen LogP contribution in [0.5, 0.6) is 0 Å². The lowest BCUT2D eigenvalue weighted by Gasteiger charge is -2.45. The minimum Gasteiger partial charge on any atom is -0.315 e. The molecular weight excluding hydrogens is 252 g/mol. The fourth-order valence-electron chi connectivity index (χ4n) is 4.24. The van der Waals surface area contributed by atoms with Gasteiger partial charge in [0.2, 0.25) is 0 Å². The summed E-state index contributed by atoms with van der Waals surface area (Å²) in [5, 5.41) is 8.19. The fraction of sp³-hybridized carbons (Fsp3) is 0.750. The molecule has 1 saturated carbocycles. The number of likely N-dealkylation sites (tertiary alicyclic amines) is 1. The lowest BCUT2D eigenvalue weighted by atomic mass is 9.83. The largest absolute Gasteiger partial charge is 0.315 e. The topological polar surface area (TPSA) is 15.3 Å². The average Bonchev–Trinajstić information content (AvgIpc) is 3.15. The molecule has 2 heterocycles. The van der Waals surface area contributed by atoms with Crippen LogP contribution in [-0.2, 0) is 6.42 Å². The highest BCUT2D eigenvalue weighted by Crippen LogP contribution is 2.41. The van der Waals surface area contributed by atoms with E-state index in [1.807, 2.05) is 11.3 Å². The van der Waals surface area contributed by atoms with Crippen molar-refractivity contribution in [1.29, 1.82) is 0 Å². The second-order valence-electron chi connectivity index (χ2n) is 6.18. The molecule has 0 radical (unpaired) electrons. The van der Waals surface area contributed by atoms with Gasteiger partial charge in [-0.15, -0.1) is 0 Å². The molecule has 1 aromatic heterocycles. The number of hydrogen-bond acceptors (Lipinski definition) is 3. The molecule has 0 aromatic carbocycles. The van der Waals surface area contributed by atoms with Crippen LogP contribution in [0.25, 0.3) is 0 Å². The van der Waals surface area contributed by atoms with Gasteiger partial charge in [0.1, 0.15) is 0 Å². The Balaban J connectivity index is 1.80. The Morgan fingerprint density at radius 2 is 2.00 bits per heavy atom. The third-order valence-corrected chi connectivity index (χ3v) is 5.95. The van der Waals surface area contributed by atoms with Crippen LogP contribution in [0.3, 0.4) is 0 Å². The Morgan fingerprint density at radius 3 is 2.58 bits per heavy atom. The van der Waals surface area contributed by atoms with Crippen LogP contribution in [0.1, 0.15) is 44.1 Å². The van der Waals surface area contributed by atoms with E-state index in [0.29, 0.717) is 11.6 Å². The number of likely N-dealkylation sites (N-methyl/N-ethyl adjacent to an activating group) is 1. The first-order chi connectivity index (χ1) is 9.35. The zero-order valence-corrected chi connectivity index (χ0v) is 12.8. The molecule has 2 aliphatic rings. The van der Waals surface area contributed by atoms with Gasteiger partial charge in [-0.3, -0.25) is 4.90 Å². The van der Waals surface area contributed by atoms with E-state index in [9.17, 15) is 0 Å². The van der Waals surface area contributed by atoms with Gasteiger partial charge in [0.15, 0.2) is 0 Å². The van der Waals surface area contributed by atoms with Crippen molar-refractivity contribution >= 4 is 11.3 Å². The van der Waals surface area contributed by atoms with E-state index in [-0.39, 0.29) is 0 Å². The number of thiophene rings is 1.